The molecule has 0 radical (unpaired) electrons. The fourth-order valence-corrected chi connectivity index (χ4v) is 3.32. The van der Waals surface area contributed by atoms with Gasteiger partial charge >= 0.3 is 0 Å². The molecule has 0 heterocycles. The quantitative estimate of drug-likeness (QED) is 0.615. The second kappa shape index (κ2) is 6.72. The van der Waals surface area contributed by atoms with Crippen LogP contribution in [0.5, 0.6) is 0 Å². The van der Waals surface area contributed by atoms with Crippen LogP contribution in [0.25, 0.3) is 6.08 Å². The van der Waals surface area contributed by atoms with E-state index in [1.807, 2.05) is 0 Å². The van der Waals surface area contributed by atoms with Crippen LogP contribution in [-0.2, 0) is 0 Å². The summed E-state index contributed by atoms with van der Waals surface area (Å²) in [5.74, 6) is 0.950. The minimum absolute atomic E-state index is 0.218. The van der Waals surface area contributed by atoms with Crippen molar-refractivity contribution in [2.24, 2.45) is 5.92 Å². The Morgan fingerprint density at radius 2 is 2.06 bits per heavy atom. The van der Waals surface area contributed by atoms with Crippen molar-refractivity contribution in [3.05, 3.63) is 39.6 Å². The molecule has 3 heteroatoms. The van der Waals surface area contributed by atoms with Gasteiger partial charge in [-0.1, -0.05) is 52.9 Å². The van der Waals surface area contributed by atoms with Gasteiger partial charge < -0.3 is 0 Å². The van der Waals surface area contributed by atoms with Crippen molar-refractivity contribution < 1.29 is 4.39 Å². The van der Waals surface area contributed by atoms with Gasteiger partial charge in [-0.2, -0.15) is 0 Å². The summed E-state index contributed by atoms with van der Waals surface area (Å²) in [6, 6.07) is 4.79. The van der Waals surface area contributed by atoms with Crippen molar-refractivity contribution in [3.63, 3.8) is 0 Å². The van der Waals surface area contributed by atoms with Crippen molar-refractivity contribution in [1.29, 1.82) is 0 Å². The van der Waals surface area contributed by atoms with Gasteiger partial charge in [0.05, 0.1) is 0 Å². The summed E-state index contributed by atoms with van der Waals surface area (Å²) in [6.45, 7) is 0. The van der Waals surface area contributed by atoms with Crippen molar-refractivity contribution >= 4 is 33.6 Å². The molecule has 0 bridgehead atoms. The summed E-state index contributed by atoms with van der Waals surface area (Å²) in [6.07, 6.45) is 8.51. The van der Waals surface area contributed by atoms with E-state index in [1.165, 1.54) is 49.8 Å². The average Bonchev–Trinajstić information content (AvgIpc) is 2.39. The van der Waals surface area contributed by atoms with Crippen molar-refractivity contribution in [3.8, 4) is 0 Å². The number of benzene rings is 1. The minimum Gasteiger partial charge on any atom is -0.207 e. The molecule has 1 aliphatic carbocycles. The van der Waals surface area contributed by atoms with Gasteiger partial charge in [-0.15, -0.1) is 11.6 Å². The Morgan fingerprint density at radius 3 is 2.67 bits per heavy atom. The summed E-state index contributed by atoms with van der Waals surface area (Å²) in [5.41, 5.74) is 2.29. The maximum Gasteiger partial charge on any atom is 0.124 e. The third-order valence-electron chi connectivity index (χ3n) is 3.59. The maximum absolute atomic E-state index is 13.0. The van der Waals surface area contributed by atoms with Crippen LogP contribution in [0.3, 0.4) is 0 Å². The van der Waals surface area contributed by atoms with E-state index in [0.29, 0.717) is 11.8 Å². The number of halogens is 3. The Bertz CT molecular complexity index is 436. The molecule has 0 N–H and O–H groups in total. The molecule has 1 aromatic carbocycles. The van der Waals surface area contributed by atoms with Crippen LogP contribution in [0.1, 0.15) is 37.7 Å². The molecule has 1 fully saturated rings. The minimum atomic E-state index is -0.218. The Labute approximate surface area is 121 Å². The lowest BCUT2D eigenvalue weighted by Crippen LogP contribution is -2.10. The van der Waals surface area contributed by atoms with E-state index in [0.717, 1.165) is 10.0 Å². The molecule has 0 amide bonds. The van der Waals surface area contributed by atoms with Crippen LogP contribution in [0.4, 0.5) is 4.39 Å². The van der Waals surface area contributed by atoms with Gasteiger partial charge in [0.25, 0.3) is 0 Å². The Kier molecular flexibility index (Phi) is 5.25. The van der Waals surface area contributed by atoms with E-state index in [4.69, 9.17) is 11.6 Å². The van der Waals surface area contributed by atoms with Crippen LogP contribution >= 0.6 is 27.5 Å². The van der Waals surface area contributed by atoms with E-state index >= 15 is 0 Å². The van der Waals surface area contributed by atoms with Gasteiger partial charge in [0.1, 0.15) is 5.82 Å². The molecular weight excluding hydrogens is 315 g/mol. The molecule has 0 nitrogen and oxygen atoms in total. The van der Waals surface area contributed by atoms with Gasteiger partial charge in [0, 0.05) is 10.4 Å². The van der Waals surface area contributed by atoms with E-state index < -0.39 is 0 Å². The van der Waals surface area contributed by atoms with E-state index in [9.17, 15) is 4.39 Å². The highest BCUT2D eigenvalue weighted by molar-refractivity contribution is 9.10. The number of alkyl halides is 1. The lowest BCUT2D eigenvalue weighted by Gasteiger charge is -2.23. The van der Waals surface area contributed by atoms with Crippen LogP contribution in [0.2, 0.25) is 0 Å². The lowest BCUT2D eigenvalue weighted by molar-refractivity contribution is 0.405. The van der Waals surface area contributed by atoms with Crippen molar-refractivity contribution in [1.82, 2.24) is 0 Å². The lowest BCUT2D eigenvalue weighted by atomic mass is 9.84. The van der Waals surface area contributed by atoms with E-state index in [1.54, 1.807) is 6.07 Å². The second-order valence-corrected chi connectivity index (χ2v) is 5.98. The smallest absolute Gasteiger partial charge is 0.124 e. The Hall–Kier alpha value is -0.340. The first kappa shape index (κ1) is 14.1. The van der Waals surface area contributed by atoms with E-state index in [-0.39, 0.29) is 5.82 Å². The largest absolute Gasteiger partial charge is 0.207 e. The average molecular weight is 332 g/mol. The third kappa shape index (κ3) is 3.58. The molecule has 1 aliphatic rings. The summed E-state index contributed by atoms with van der Waals surface area (Å²) < 4.78 is 13.8. The highest BCUT2D eigenvalue weighted by atomic mass is 79.9. The molecule has 0 saturated heterocycles. The van der Waals surface area contributed by atoms with Crippen molar-refractivity contribution in [2.75, 3.05) is 5.88 Å². The molecule has 0 spiro atoms. The zero-order chi connectivity index (χ0) is 13.0. The standard InChI is InChI=1S/C15H17BrClF/c16-15-9-14(18)7-6-12(15)8-13(10-17)11-4-2-1-3-5-11/h6-9,11H,1-5,10H2/b13-8-. The molecule has 18 heavy (non-hydrogen) atoms. The highest BCUT2D eigenvalue weighted by Crippen LogP contribution is 2.32. The predicted molar refractivity (Wildman–Crippen MR) is 79.4 cm³/mol. The SMILES string of the molecule is Fc1ccc(/C=C(/CCl)C2CCCCC2)c(Br)c1. The molecule has 0 aromatic heterocycles. The van der Waals surface area contributed by atoms with Crippen LogP contribution in [-0.4, -0.2) is 5.88 Å². The molecule has 0 atom stereocenters. The van der Waals surface area contributed by atoms with Crippen LogP contribution in [0.15, 0.2) is 28.2 Å². The first-order valence-corrected chi connectivity index (χ1v) is 7.75. The van der Waals surface area contributed by atoms with Gasteiger partial charge in [-0.3, -0.25) is 0 Å². The molecule has 1 aromatic rings. The van der Waals surface area contributed by atoms with Crippen molar-refractivity contribution in [2.45, 2.75) is 32.1 Å². The molecule has 1 saturated carbocycles. The number of rotatable bonds is 3. The monoisotopic (exact) mass is 330 g/mol. The fourth-order valence-electron chi connectivity index (χ4n) is 2.56. The summed E-state index contributed by atoms with van der Waals surface area (Å²) in [7, 11) is 0. The Balaban J connectivity index is 2.22. The summed E-state index contributed by atoms with van der Waals surface area (Å²) in [4.78, 5) is 0. The number of allylic oxidation sites excluding steroid dienone is 1. The second-order valence-electron chi connectivity index (χ2n) is 4.85. The summed E-state index contributed by atoms with van der Waals surface area (Å²) >= 11 is 9.48. The highest BCUT2D eigenvalue weighted by Gasteiger charge is 2.17. The molecular formula is C15H17BrClF. The number of hydrogen-bond acceptors (Lipinski definition) is 0. The molecule has 0 aliphatic heterocycles. The van der Waals surface area contributed by atoms with Gasteiger partial charge in [0.2, 0.25) is 0 Å². The third-order valence-corrected chi connectivity index (χ3v) is 4.58. The van der Waals surface area contributed by atoms with Gasteiger partial charge in [0.15, 0.2) is 0 Å². The summed E-state index contributed by atoms with van der Waals surface area (Å²) in [5, 5.41) is 0. The zero-order valence-electron chi connectivity index (χ0n) is 10.3. The maximum atomic E-state index is 13.0. The molecule has 98 valence electrons. The molecule has 2 rings (SSSR count). The molecule has 0 unspecified atom stereocenters. The number of hydrogen-bond donors (Lipinski definition) is 0. The van der Waals surface area contributed by atoms with Crippen LogP contribution < -0.4 is 0 Å². The first-order valence-electron chi connectivity index (χ1n) is 6.42. The van der Waals surface area contributed by atoms with E-state index in [2.05, 4.69) is 22.0 Å². The fraction of sp³-hybridized carbons (Fsp3) is 0.467. The predicted octanol–water partition coefficient (Wildman–Crippen LogP) is 5.79. The van der Waals surface area contributed by atoms with Gasteiger partial charge in [-0.05, 0) is 36.5 Å². The van der Waals surface area contributed by atoms with Gasteiger partial charge in [-0.25, -0.2) is 4.39 Å². The first-order chi connectivity index (χ1) is 8.70. The topological polar surface area (TPSA) is 0 Å². The zero-order valence-corrected chi connectivity index (χ0v) is 12.6. The normalized spacial score (nSPS) is 18.1. The Morgan fingerprint density at radius 1 is 1.33 bits per heavy atom. The van der Waals surface area contributed by atoms with Crippen LogP contribution in [0, 0.1) is 11.7 Å².